The summed E-state index contributed by atoms with van der Waals surface area (Å²) in [5, 5.41) is 9.01. The molecule has 1 fully saturated rings. The summed E-state index contributed by atoms with van der Waals surface area (Å²) >= 11 is 0. The fraction of sp³-hybridized carbons (Fsp3) is 0.280. The zero-order valence-electron chi connectivity index (χ0n) is 18.8. The molecule has 8 heteroatoms. The molecule has 168 valence electrons. The van der Waals surface area contributed by atoms with E-state index in [0.717, 1.165) is 29.9 Å². The molecule has 1 unspecified atom stereocenters. The largest absolute Gasteiger partial charge is 0.350 e. The maximum atomic E-state index is 13.4. The first-order valence-electron chi connectivity index (χ1n) is 11.2. The minimum atomic E-state index is -0.181. The molecular formula is C25H26N6O2. The number of nitrogens with zero attached hydrogens (tertiary/aromatic N) is 6. The highest BCUT2D eigenvalue weighted by Crippen LogP contribution is 2.28. The molecule has 0 aliphatic carbocycles. The molecule has 1 saturated heterocycles. The second-order valence-electron chi connectivity index (χ2n) is 8.42. The molecule has 4 aromatic rings. The number of likely N-dealkylation sites (tertiary alicyclic amines) is 1. The number of hydrogen-bond acceptors (Lipinski definition) is 4. The fourth-order valence-electron chi connectivity index (χ4n) is 4.56. The fourth-order valence-corrected chi connectivity index (χ4v) is 4.56. The van der Waals surface area contributed by atoms with Gasteiger partial charge in [0.25, 0.3) is 5.91 Å². The lowest BCUT2D eigenvalue weighted by atomic mass is 9.96. The van der Waals surface area contributed by atoms with Crippen LogP contribution >= 0.6 is 0 Å². The van der Waals surface area contributed by atoms with Crippen LogP contribution in [0.2, 0.25) is 0 Å². The third-order valence-corrected chi connectivity index (χ3v) is 6.28. The molecule has 2 aromatic heterocycles. The van der Waals surface area contributed by atoms with Crippen LogP contribution in [0.15, 0.2) is 71.7 Å². The average molecular weight is 443 g/mol. The van der Waals surface area contributed by atoms with Gasteiger partial charge in [-0.1, -0.05) is 36.4 Å². The van der Waals surface area contributed by atoms with E-state index in [1.165, 1.54) is 4.68 Å². The Hall–Kier alpha value is -3.94. The Morgan fingerprint density at radius 3 is 2.36 bits per heavy atom. The zero-order chi connectivity index (χ0) is 22.9. The Morgan fingerprint density at radius 1 is 1.00 bits per heavy atom. The third-order valence-electron chi connectivity index (χ3n) is 6.28. The number of para-hydroxylation sites is 2. The summed E-state index contributed by atoms with van der Waals surface area (Å²) in [7, 11) is 1.67. The normalized spacial score (nSPS) is 16.2. The van der Waals surface area contributed by atoms with Crippen molar-refractivity contribution in [3.05, 3.63) is 94.4 Å². The van der Waals surface area contributed by atoms with Gasteiger partial charge >= 0.3 is 5.69 Å². The summed E-state index contributed by atoms with van der Waals surface area (Å²) in [6.07, 6.45) is 3.37. The Bertz CT molecular complexity index is 1340. The molecule has 0 bridgehead atoms. The highest BCUT2D eigenvalue weighted by atomic mass is 16.2. The van der Waals surface area contributed by atoms with Crippen molar-refractivity contribution in [2.75, 3.05) is 13.1 Å². The van der Waals surface area contributed by atoms with Gasteiger partial charge in [-0.2, -0.15) is 10.2 Å². The molecule has 2 aromatic carbocycles. The summed E-state index contributed by atoms with van der Waals surface area (Å²) < 4.78 is 4.83. The molecule has 8 nitrogen and oxygen atoms in total. The minimum absolute atomic E-state index is 0.0266. The minimum Gasteiger partial charge on any atom is -0.338 e. The second-order valence-corrected chi connectivity index (χ2v) is 8.42. The Morgan fingerprint density at radius 2 is 1.67 bits per heavy atom. The van der Waals surface area contributed by atoms with Crippen LogP contribution in [-0.2, 0) is 7.05 Å². The maximum absolute atomic E-state index is 13.4. The van der Waals surface area contributed by atoms with E-state index < -0.39 is 0 Å². The first-order valence-corrected chi connectivity index (χ1v) is 11.2. The standard InChI is InChI=1S/C25H26N6O2/c1-18-22(16-26-31(18)21-13-7-4-8-14-21)24(32)29-15-9-10-19(17-29)23-27-28(2)25(33)30(23)20-11-5-3-6-12-20/h3-8,11-14,16,19H,9-10,15,17H2,1-2H3. The molecule has 5 rings (SSSR count). The molecule has 3 heterocycles. The van der Waals surface area contributed by atoms with E-state index in [1.54, 1.807) is 22.5 Å². The number of piperidine rings is 1. The molecule has 0 spiro atoms. The molecule has 1 atom stereocenters. The van der Waals surface area contributed by atoms with E-state index in [-0.39, 0.29) is 17.5 Å². The summed E-state index contributed by atoms with van der Waals surface area (Å²) in [6.45, 7) is 3.10. The zero-order valence-corrected chi connectivity index (χ0v) is 18.8. The van der Waals surface area contributed by atoms with Gasteiger partial charge in [0.1, 0.15) is 5.82 Å². The lowest BCUT2D eigenvalue weighted by molar-refractivity contribution is 0.0703. The number of carbonyl (C=O) groups is 1. The second kappa shape index (κ2) is 8.54. The lowest BCUT2D eigenvalue weighted by Gasteiger charge is -2.32. The van der Waals surface area contributed by atoms with Crippen LogP contribution in [0.1, 0.15) is 40.6 Å². The molecule has 0 saturated carbocycles. The van der Waals surface area contributed by atoms with Crippen LogP contribution in [0.4, 0.5) is 0 Å². The van der Waals surface area contributed by atoms with E-state index >= 15 is 0 Å². The molecule has 33 heavy (non-hydrogen) atoms. The van der Waals surface area contributed by atoms with Gasteiger partial charge in [0, 0.05) is 26.1 Å². The van der Waals surface area contributed by atoms with Crippen LogP contribution in [0.25, 0.3) is 11.4 Å². The van der Waals surface area contributed by atoms with Crippen molar-refractivity contribution in [2.24, 2.45) is 7.05 Å². The molecule has 0 radical (unpaired) electrons. The van der Waals surface area contributed by atoms with Crippen LogP contribution < -0.4 is 5.69 Å². The van der Waals surface area contributed by atoms with Crippen molar-refractivity contribution < 1.29 is 4.79 Å². The first kappa shape index (κ1) is 20.9. The van der Waals surface area contributed by atoms with Gasteiger partial charge in [-0.3, -0.25) is 4.79 Å². The van der Waals surface area contributed by atoms with Gasteiger partial charge in [0.15, 0.2) is 0 Å². The van der Waals surface area contributed by atoms with Crippen LogP contribution in [0.3, 0.4) is 0 Å². The number of aryl methyl sites for hydroxylation is 1. The highest BCUT2D eigenvalue weighted by Gasteiger charge is 2.31. The molecule has 0 N–H and O–H groups in total. The van der Waals surface area contributed by atoms with E-state index in [0.29, 0.717) is 24.5 Å². The van der Waals surface area contributed by atoms with Gasteiger partial charge in [-0.05, 0) is 44.0 Å². The number of carbonyl (C=O) groups excluding carboxylic acids is 1. The Labute approximate surface area is 191 Å². The highest BCUT2D eigenvalue weighted by molar-refractivity contribution is 5.95. The predicted octanol–water partition coefficient (Wildman–Crippen LogP) is 3.08. The van der Waals surface area contributed by atoms with Crippen molar-refractivity contribution in [3.63, 3.8) is 0 Å². The molecule has 1 amide bonds. The Kier molecular flexibility index (Phi) is 5.42. The van der Waals surface area contributed by atoms with E-state index in [1.807, 2.05) is 72.5 Å². The van der Waals surface area contributed by atoms with Gasteiger partial charge in [-0.15, -0.1) is 0 Å². The van der Waals surface area contributed by atoms with Crippen LogP contribution in [0, 0.1) is 6.92 Å². The molecule has 1 aliphatic rings. The summed E-state index contributed by atoms with van der Waals surface area (Å²) in [5.74, 6) is 0.633. The van der Waals surface area contributed by atoms with E-state index in [2.05, 4.69) is 10.2 Å². The van der Waals surface area contributed by atoms with E-state index in [4.69, 9.17) is 0 Å². The Balaban J connectivity index is 1.43. The van der Waals surface area contributed by atoms with Crippen molar-refractivity contribution >= 4 is 5.91 Å². The number of benzene rings is 2. The lowest BCUT2D eigenvalue weighted by Crippen LogP contribution is -2.40. The number of rotatable bonds is 4. The van der Waals surface area contributed by atoms with Gasteiger partial charge in [-0.25, -0.2) is 18.7 Å². The van der Waals surface area contributed by atoms with Crippen LogP contribution in [-0.4, -0.2) is 48.0 Å². The number of hydrogen-bond donors (Lipinski definition) is 0. The van der Waals surface area contributed by atoms with Crippen molar-refractivity contribution in [3.8, 4) is 11.4 Å². The summed E-state index contributed by atoms with van der Waals surface area (Å²) in [6, 6.07) is 19.3. The van der Waals surface area contributed by atoms with Crippen molar-refractivity contribution in [2.45, 2.75) is 25.7 Å². The SMILES string of the molecule is Cc1c(C(=O)N2CCCC(c3nn(C)c(=O)n3-c3ccccc3)C2)cnn1-c1ccccc1. The van der Waals surface area contributed by atoms with Crippen LogP contribution in [0.5, 0.6) is 0 Å². The van der Waals surface area contributed by atoms with Crippen molar-refractivity contribution in [1.82, 2.24) is 29.0 Å². The summed E-state index contributed by atoms with van der Waals surface area (Å²) in [5.41, 5.74) is 2.94. The van der Waals surface area contributed by atoms with Gasteiger partial charge < -0.3 is 4.90 Å². The van der Waals surface area contributed by atoms with E-state index in [9.17, 15) is 9.59 Å². The molecule has 1 aliphatic heterocycles. The topological polar surface area (TPSA) is 78.0 Å². The number of aromatic nitrogens is 5. The maximum Gasteiger partial charge on any atom is 0.350 e. The van der Waals surface area contributed by atoms with Crippen molar-refractivity contribution in [1.29, 1.82) is 0 Å². The molecular weight excluding hydrogens is 416 g/mol. The van der Waals surface area contributed by atoms with Gasteiger partial charge in [0.2, 0.25) is 0 Å². The first-order chi connectivity index (χ1) is 16.0. The third kappa shape index (κ3) is 3.77. The average Bonchev–Trinajstić information content (AvgIpc) is 3.39. The van der Waals surface area contributed by atoms with Gasteiger partial charge in [0.05, 0.1) is 28.8 Å². The summed E-state index contributed by atoms with van der Waals surface area (Å²) in [4.78, 5) is 28.1. The number of amides is 1. The quantitative estimate of drug-likeness (QED) is 0.487. The monoisotopic (exact) mass is 442 g/mol. The predicted molar refractivity (Wildman–Crippen MR) is 125 cm³/mol. The smallest absolute Gasteiger partial charge is 0.338 e.